The molecule has 0 amide bonds. The third-order valence-electron chi connectivity index (χ3n) is 4.39. The summed E-state index contributed by atoms with van der Waals surface area (Å²) in [6.07, 6.45) is 6.32. The zero-order chi connectivity index (χ0) is 14.7. The summed E-state index contributed by atoms with van der Waals surface area (Å²) in [4.78, 5) is 17.8. The van der Waals surface area contributed by atoms with Crippen LogP contribution in [0.25, 0.3) is 10.9 Å². The summed E-state index contributed by atoms with van der Waals surface area (Å²) in [5.74, 6) is -0.123. The maximum Gasteiger partial charge on any atom is 0.323 e. The predicted molar refractivity (Wildman–Crippen MR) is 83.2 cm³/mol. The third-order valence-corrected chi connectivity index (χ3v) is 4.39. The van der Waals surface area contributed by atoms with Crippen LogP contribution < -0.4 is 0 Å². The number of piperidine rings is 1. The first-order chi connectivity index (χ1) is 10.3. The molecule has 1 N–H and O–H groups in total. The lowest BCUT2D eigenvalue weighted by Gasteiger charge is -2.32. The van der Waals surface area contributed by atoms with Crippen molar-refractivity contribution in [3.05, 3.63) is 36.0 Å². The van der Waals surface area contributed by atoms with E-state index >= 15 is 0 Å². The van der Waals surface area contributed by atoms with Crippen LogP contribution in [0, 0.1) is 0 Å². The lowest BCUT2D eigenvalue weighted by Crippen LogP contribution is -2.45. The zero-order valence-corrected chi connectivity index (χ0v) is 12.5. The van der Waals surface area contributed by atoms with Crippen molar-refractivity contribution in [2.45, 2.75) is 31.7 Å². The number of aromatic nitrogens is 1. The normalized spacial score (nSPS) is 17.8. The number of fused-ring (bicyclic) bond motifs is 1. The lowest BCUT2D eigenvalue weighted by molar-refractivity contribution is -0.147. The molecule has 0 radical (unpaired) electrons. The summed E-state index contributed by atoms with van der Waals surface area (Å²) in [6.45, 7) is 1.98. The number of carbonyl (C=O) groups excluding carboxylic acids is 1. The Balaban J connectivity index is 1.85. The molecular formula is C17H22N2O2. The Hall–Kier alpha value is -1.81. The maximum absolute atomic E-state index is 12.2. The second-order valence-electron chi connectivity index (χ2n) is 5.70. The molecule has 0 bridgehead atoms. The van der Waals surface area contributed by atoms with E-state index < -0.39 is 0 Å². The van der Waals surface area contributed by atoms with Crippen molar-refractivity contribution in [1.29, 1.82) is 0 Å². The van der Waals surface area contributed by atoms with Crippen molar-refractivity contribution < 1.29 is 9.53 Å². The van der Waals surface area contributed by atoms with Crippen molar-refractivity contribution in [1.82, 2.24) is 9.88 Å². The topological polar surface area (TPSA) is 45.3 Å². The molecule has 4 nitrogen and oxygen atoms in total. The average Bonchev–Trinajstić information content (AvgIpc) is 2.96. The SMILES string of the molecule is COC(=O)C(Cc1c[nH]c2ccccc12)N1CCCCC1. The van der Waals surface area contributed by atoms with Gasteiger partial charge in [-0.25, -0.2) is 0 Å². The average molecular weight is 286 g/mol. The minimum atomic E-state index is -0.172. The molecule has 1 fully saturated rings. The van der Waals surface area contributed by atoms with Crippen LogP contribution in [0.2, 0.25) is 0 Å². The second-order valence-corrected chi connectivity index (χ2v) is 5.70. The summed E-state index contributed by atoms with van der Waals surface area (Å²) in [5, 5.41) is 1.20. The van der Waals surface area contributed by atoms with Gasteiger partial charge in [0.15, 0.2) is 0 Å². The van der Waals surface area contributed by atoms with Crippen LogP contribution in [-0.2, 0) is 16.0 Å². The molecule has 112 valence electrons. The van der Waals surface area contributed by atoms with Gasteiger partial charge < -0.3 is 9.72 Å². The number of ether oxygens (including phenoxy) is 1. The molecule has 4 heteroatoms. The van der Waals surface area contributed by atoms with E-state index in [1.807, 2.05) is 18.3 Å². The molecule has 0 spiro atoms. The minimum Gasteiger partial charge on any atom is -0.468 e. The molecule has 0 aliphatic carbocycles. The molecule has 1 atom stereocenters. The molecule has 2 heterocycles. The molecule has 1 aliphatic rings. The van der Waals surface area contributed by atoms with Crippen molar-refractivity contribution >= 4 is 16.9 Å². The number of likely N-dealkylation sites (tertiary alicyclic amines) is 1. The van der Waals surface area contributed by atoms with Crippen molar-refractivity contribution in [2.24, 2.45) is 0 Å². The number of carbonyl (C=O) groups is 1. The molecule has 1 saturated heterocycles. The first-order valence-electron chi connectivity index (χ1n) is 7.66. The van der Waals surface area contributed by atoms with Gasteiger partial charge in [0.1, 0.15) is 6.04 Å². The molecule has 1 aromatic carbocycles. The summed E-state index contributed by atoms with van der Waals surface area (Å²) in [7, 11) is 1.48. The standard InChI is InChI=1S/C17H22N2O2/c1-21-17(20)16(19-9-5-2-6-10-19)11-13-12-18-15-8-4-3-7-14(13)15/h3-4,7-8,12,16,18H,2,5-6,9-11H2,1H3. The molecule has 1 aliphatic heterocycles. The van der Waals surface area contributed by atoms with Gasteiger partial charge in [-0.3, -0.25) is 9.69 Å². The van der Waals surface area contributed by atoms with E-state index in [1.165, 1.54) is 37.3 Å². The Morgan fingerprint density at radius 3 is 2.81 bits per heavy atom. The summed E-state index contributed by atoms with van der Waals surface area (Å²) < 4.78 is 5.04. The number of nitrogens with zero attached hydrogens (tertiary/aromatic N) is 1. The number of hydrogen-bond donors (Lipinski definition) is 1. The number of H-pyrrole nitrogens is 1. The summed E-state index contributed by atoms with van der Waals surface area (Å²) in [5.41, 5.74) is 2.31. The minimum absolute atomic E-state index is 0.123. The number of benzene rings is 1. The fraction of sp³-hybridized carbons (Fsp3) is 0.471. The maximum atomic E-state index is 12.2. The monoisotopic (exact) mass is 286 g/mol. The Labute approximate surface area is 125 Å². The predicted octanol–water partition coefficient (Wildman–Crippen LogP) is 2.74. The Morgan fingerprint density at radius 2 is 2.05 bits per heavy atom. The van der Waals surface area contributed by atoms with Gasteiger partial charge >= 0.3 is 5.97 Å². The Bertz CT molecular complexity index is 614. The number of rotatable bonds is 4. The van der Waals surface area contributed by atoms with E-state index in [0.717, 1.165) is 18.6 Å². The Morgan fingerprint density at radius 1 is 1.29 bits per heavy atom. The molecule has 2 aromatic rings. The fourth-order valence-corrected chi connectivity index (χ4v) is 3.24. The highest BCUT2D eigenvalue weighted by Gasteiger charge is 2.28. The zero-order valence-electron chi connectivity index (χ0n) is 12.5. The number of hydrogen-bond acceptors (Lipinski definition) is 3. The number of para-hydroxylation sites is 1. The number of methoxy groups -OCH3 is 1. The fourth-order valence-electron chi connectivity index (χ4n) is 3.24. The van der Waals surface area contributed by atoms with Crippen LogP contribution in [0.1, 0.15) is 24.8 Å². The van der Waals surface area contributed by atoms with Gasteiger partial charge in [0.2, 0.25) is 0 Å². The van der Waals surface area contributed by atoms with Gasteiger partial charge in [0, 0.05) is 23.5 Å². The van der Waals surface area contributed by atoms with Gasteiger partial charge in [-0.1, -0.05) is 24.6 Å². The van der Waals surface area contributed by atoms with Crippen LogP contribution in [0.5, 0.6) is 0 Å². The lowest BCUT2D eigenvalue weighted by atomic mass is 10.0. The van der Waals surface area contributed by atoms with E-state index in [9.17, 15) is 4.79 Å². The highest BCUT2D eigenvalue weighted by atomic mass is 16.5. The second kappa shape index (κ2) is 6.31. The van der Waals surface area contributed by atoms with Crippen molar-refractivity contribution in [2.75, 3.05) is 20.2 Å². The van der Waals surface area contributed by atoms with Gasteiger partial charge in [-0.15, -0.1) is 0 Å². The van der Waals surface area contributed by atoms with Crippen LogP contribution in [0.3, 0.4) is 0 Å². The van der Waals surface area contributed by atoms with Gasteiger partial charge in [-0.05, 0) is 37.6 Å². The van der Waals surface area contributed by atoms with Crippen LogP contribution in [0.15, 0.2) is 30.5 Å². The van der Waals surface area contributed by atoms with E-state index in [4.69, 9.17) is 4.74 Å². The third kappa shape index (κ3) is 2.95. The van der Waals surface area contributed by atoms with E-state index in [2.05, 4.69) is 22.0 Å². The Kier molecular flexibility index (Phi) is 4.25. The van der Waals surface area contributed by atoms with E-state index in [0.29, 0.717) is 6.42 Å². The van der Waals surface area contributed by atoms with Crippen LogP contribution in [0.4, 0.5) is 0 Å². The summed E-state index contributed by atoms with van der Waals surface area (Å²) in [6, 6.07) is 8.05. The van der Waals surface area contributed by atoms with Crippen molar-refractivity contribution in [3.8, 4) is 0 Å². The first kappa shape index (κ1) is 14.1. The number of esters is 1. The van der Waals surface area contributed by atoms with E-state index in [-0.39, 0.29) is 12.0 Å². The molecular weight excluding hydrogens is 264 g/mol. The highest BCUT2D eigenvalue weighted by molar-refractivity contribution is 5.84. The van der Waals surface area contributed by atoms with Gasteiger partial charge in [0.25, 0.3) is 0 Å². The smallest absolute Gasteiger partial charge is 0.323 e. The van der Waals surface area contributed by atoms with Crippen molar-refractivity contribution in [3.63, 3.8) is 0 Å². The van der Waals surface area contributed by atoms with Gasteiger partial charge in [0.05, 0.1) is 7.11 Å². The van der Waals surface area contributed by atoms with E-state index in [1.54, 1.807) is 0 Å². The molecule has 1 aromatic heterocycles. The molecule has 21 heavy (non-hydrogen) atoms. The number of aromatic amines is 1. The molecule has 3 rings (SSSR count). The molecule has 1 unspecified atom stereocenters. The van der Waals surface area contributed by atoms with Crippen LogP contribution >= 0.6 is 0 Å². The quantitative estimate of drug-likeness (QED) is 0.879. The largest absolute Gasteiger partial charge is 0.468 e. The first-order valence-corrected chi connectivity index (χ1v) is 7.66. The highest BCUT2D eigenvalue weighted by Crippen LogP contribution is 2.22. The molecule has 0 saturated carbocycles. The van der Waals surface area contributed by atoms with Crippen LogP contribution in [-0.4, -0.2) is 42.1 Å². The summed E-state index contributed by atoms with van der Waals surface area (Å²) >= 11 is 0. The van der Waals surface area contributed by atoms with Gasteiger partial charge in [-0.2, -0.15) is 0 Å². The number of nitrogens with one attached hydrogen (secondary N) is 1.